The molecule has 0 aliphatic rings. The van der Waals surface area contributed by atoms with Gasteiger partial charge < -0.3 is 5.32 Å². The van der Waals surface area contributed by atoms with E-state index in [4.69, 9.17) is 0 Å². The molecule has 17 heavy (non-hydrogen) atoms. The molecule has 0 unspecified atom stereocenters. The Hall–Kier alpha value is -0.570. The molecule has 0 bridgehead atoms. The monoisotopic (exact) mass is 294 g/mol. The summed E-state index contributed by atoms with van der Waals surface area (Å²) in [7, 11) is -3.14. The number of nitrogens with one attached hydrogen (secondary N) is 2. The van der Waals surface area contributed by atoms with Crippen LogP contribution in [0.1, 0.15) is 16.1 Å². The fourth-order valence-corrected chi connectivity index (χ4v) is 2.66. The van der Waals surface area contributed by atoms with Gasteiger partial charge in [0.25, 0.3) is 5.91 Å². The molecule has 1 heterocycles. The maximum atomic E-state index is 11.5. The van der Waals surface area contributed by atoms with Gasteiger partial charge in [0, 0.05) is 23.4 Å². The number of thiophene rings is 1. The van der Waals surface area contributed by atoms with E-state index in [-0.39, 0.29) is 5.91 Å². The van der Waals surface area contributed by atoms with Crippen molar-refractivity contribution in [1.29, 1.82) is 0 Å². The van der Waals surface area contributed by atoms with E-state index in [1.807, 2.05) is 0 Å². The highest BCUT2D eigenvalue weighted by Crippen LogP contribution is 2.17. The highest BCUT2D eigenvalue weighted by Gasteiger charge is 2.07. The van der Waals surface area contributed by atoms with Gasteiger partial charge in [-0.1, -0.05) is 0 Å². The number of hydrogen-bond acceptors (Lipinski definition) is 5. The van der Waals surface area contributed by atoms with Crippen molar-refractivity contribution in [2.45, 2.75) is 11.3 Å². The summed E-state index contributed by atoms with van der Waals surface area (Å²) in [5.41, 5.74) is 0. The SMILES string of the molecule is CS(=O)(=O)NCCCNC(=O)c1cc(S)cs1. The zero-order valence-corrected chi connectivity index (χ0v) is 11.8. The first-order valence-electron chi connectivity index (χ1n) is 4.89. The summed E-state index contributed by atoms with van der Waals surface area (Å²) < 4.78 is 23.8. The van der Waals surface area contributed by atoms with Crippen LogP contribution in [0.5, 0.6) is 0 Å². The van der Waals surface area contributed by atoms with E-state index in [1.54, 1.807) is 11.4 Å². The van der Waals surface area contributed by atoms with Gasteiger partial charge in [-0.25, -0.2) is 13.1 Å². The van der Waals surface area contributed by atoms with Crippen molar-refractivity contribution in [1.82, 2.24) is 10.0 Å². The van der Waals surface area contributed by atoms with Crippen LogP contribution in [-0.2, 0) is 10.0 Å². The number of hydrogen-bond donors (Lipinski definition) is 3. The van der Waals surface area contributed by atoms with Crippen molar-refractivity contribution in [2.75, 3.05) is 19.3 Å². The molecule has 1 amide bonds. The first-order valence-corrected chi connectivity index (χ1v) is 8.10. The Morgan fingerprint density at radius 1 is 1.47 bits per heavy atom. The molecule has 1 rings (SSSR count). The molecule has 0 saturated carbocycles. The van der Waals surface area contributed by atoms with Gasteiger partial charge in [-0.15, -0.1) is 24.0 Å². The average Bonchev–Trinajstić information content (AvgIpc) is 2.62. The number of thiol groups is 1. The maximum absolute atomic E-state index is 11.5. The standard InChI is InChI=1S/C9H14N2O3S3/c1-17(13,14)11-4-2-3-10-9(12)8-5-7(15)6-16-8/h5-6,11,15H,2-4H2,1H3,(H,10,12). The number of amides is 1. The van der Waals surface area contributed by atoms with Crippen molar-refractivity contribution in [3.05, 3.63) is 16.3 Å². The minimum atomic E-state index is -3.14. The Kier molecular flexibility index (Phi) is 5.44. The largest absolute Gasteiger partial charge is 0.351 e. The lowest BCUT2D eigenvalue weighted by Gasteiger charge is -2.04. The predicted molar refractivity (Wildman–Crippen MR) is 71.4 cm³/mol. The zero-order valence-electron chi connectivity index (χ0n) is 9.26. The summed E-state index contributed by atoms with van der Waals surface area (Å²) in [6.45, 7) is 0.753. The summed E-state index contributed by atoms with van der Waals surface area (Å²) >= 11 is 5.44. The van der Waals surface area contributed by atoms with Gasteiger partial charge in [-0.05, 0) is 12.5 Å². The quantitative estimate of drug-likeness (QED) is 0.534. The van der Waals surface area contributed by atoms with Crippen molar-refractivity contribution in [3.8, 4) is 0 Å². The van der Waals surface area contributed by atoms with E-state index in [0.29, 0.717) is 24.4 Å². The molecule has 1 aromatic heterocycles. The molecule has 96 valence electrons. The lowest BCUT2D eigenvalue weighted by molar-refractivity contribution is 0.0957. The minimum absolute atomic E-state index is 0.158. The molecule has 0 aliphatic heterocycles. The summed E-state index contributed by atoms with van der Waals surface area (Å²) in [6.07, 6.45) is 1.66. The minimum Gasteiger partial charge on any atom is -0.351 e. The average molecular weight is 294 g/mol. The molecule has 8 heteroatoms. The molecular formula is C9H14N2O3S3. The number of carbonyl (C=O) groups is 1. The second kappa shape index (κ2) is 6.39. The van der Waals surface area contributed by atoms with E-state index < -0.39 is 10.0 Å². The fraction of sp³-hybridized carbons (Fsp3) is 0.444. The van der Waals surface area contributed by atoms with Gasteiger partial charge in [0.05, 0.1) is 11.1 Å². The number of carbonyl (C=O) groups excluding carboxylic acids is 1. The Morgan fingerprint density at radius 2 is 2.18 bits per heavy atom. The van der Waals surface area contributed by atoms with Crippen LogP contribution in [0.15, 0.2) is 16.3 Å². The Bertz CT molecular complexity index is 481. The van der Waals surface area contributed by atoms with Crippen LogP contribution in [0.4, 0.5) is 0 Å². The Labute approximate surface area is 110 Å². The smallest absolute Gasteiger partial charge is 0.261 e. The summed E-state index contributed by atoms with van der Waals surface area (Å²) in [6, 6.07) is 1.69. The topological polar surface area (TPSA) is 75.3 Å². The van der Waals surface area contributed by atoms with Crippen LogP contribution < -0.4 is 10.0 Å². The van der Waals surface area contributed by atoms with Crippen molar-refractivity contribution >= 4 is 39.9 Å². The molecule has 0 aromatic carbocycles. The van der Waals surface area contributed by atoms with Crippen molar-refractivity contribution < 1.29 is 13.2 Å². The van der Waals surface area contributed by atoms with Gasteiger partial charge in [0.1, 0.15) is 0 Å². The van der Waals surface area contributed by atoms with Gasteiger partial charge in [0.15, 0.2) is 0 Å². The first-order chi connectivity index (χ1) is 7.88. The van der Waals surface area contributed by atoms with Gasteiger partial charge in [-0.2, -0.15) is 0 Å². The van der Waals surface area contributed by atoms with Crippen molar-refractivity contribution in [3.63, 3.8) is 0 Å². The number of sulfonamides is 1. The second-order valence-electron chi connectivity index (χ2n) is 3.45. The summed E-state index contributed by atoms with van der Waals surface area (Å²) in [5.74, 6) is -0.158. The third-order valence-electron chi connectivity index (χ3n) is 1.81. The second-order valence-corrected chi connectivity index (χ2v) is 6.71. The number of rotatable bonds is 6. The first kappa shape index (κ1) is 14.5. The normalized spacial score (nSPS) is 11.4. The molecule has 2 N–H and O–H groups in total. The zero-order chi connectivity index (χ0) is 12.9. The maximum Gasteiger partial charge on any atom is 0.261 e. The van der Waals surface area contributed by atoms with E-state index in [1.165, 1.54) is 11.3 Å². The summed E-state index contributed by atoms with van der Waals surface area (Å²) in [5, 5.41) is 4.48. The third kappa shape index (κ3) is 6.06. The lowest BCUT2D eigenvalue weighted by Crippen LogP contribution is -2.28. The molecule has 1 aromatic rings. The van der Waals surface area contributed by atoms with E-state index in [9.17, 15) is 13.2 Å². The predicted octanol–water partition coefficient (Wildman–Crippen LogP) is 0.706. The molecule has 0 fully saturated rings. The van der Waals surface area contributed by atoms with Crippen LogP contribution in [0.2, 0.25) is 0 Å². The van der Waals surface area contributed by atoms with Gasteiger partial charge >= 0.3 is 0 Å². The fourth-order valence-electron chi connectivity index (χ4n) is 1.08. The van der Waals surface area contributed by atoms with Crippen LogP contribution in [0.25, 0.3) is 0 Å². The van der Waals surface area contributed by atoms with Crippen LogP contribution in [0.3, 0.4) is 0 Å². The van der Waals surface area contributed by atoms with Crippen molar-refractivity contribution in [2.24, 2.45) is 0 Å². The van der Waals surface area contributed by atoms with Gasteiger partial charge in [-0.3, -0.25) is 4.79 Å². The van der Waals surface area contributed by atoms with Crippen LogP contribution in [-0.4, -0.2) is 33.7 Å². The highest BCUT2D eigenvalue weighted by molar-refractivity contribution is 7.88. The molecule has 0 saturated heterocycles. The molecule has 5 nitrogen and oxygen atoms in total. The van der Waals surface area contributed by atoms with Crippen LogP contribution in [0, 0.1) is 0 Å². The molecule has 0 atom stereocenters. The van der Waals surface area contributed by atoms with E-state index >= 15 is 0 Å². The molecule has 0 spiro atoms. The van der Waals surface area contributed by atoms with Gasteiger partial charge in [0.2, 0.25) is 10.0 Å². The lowest BCUT2D eigenvalue weighted by atomic mass is 10.4. The Morgan fingerprint density at radius 3 is 2.71 bits per heavy atom. The third-order valence-corrected chi connectivity index (χ3v) is 3.90. The van der Waals surface area contributed by atoms with Crippen LogP contribution >= 0.6 is 24.0 Å². The van der Waals surface area contributed by atoms with E-state index in [2.05, 4.69) is 22.7 Å². The van der Waals surface area contributed by atoms with E-state index in [0.717, 1.165) is 11.2 Å². The summed E-state index contributed by atoms with van der Waals surface area (Å²) in [4.78, 5) is 12.9. The molecule has 0 radical (unpaired) electrons. The molecular weight excluding hydrogens is 280 g/mol. The molecule has 0 aliphatic carbocycles. The Balaban J connectivity index is 2.21. The highest BCUT2D eigenvalue weighted by atomic mass is 32.2.